The first-order chi connectivity index (χ1) is 15.0. The van der Waals surface area contributed by atoms with Crippen molar-refractivity contribution in [1.29, 1.82) is 0 Å². The van der Waals surface area contributed by atoms with Gasteiger partial charge in [-0.05, 0) is 44.4 Å². The van der Waals surface area contributed by atoms with Gasteiger partial charge in [0.2, 0.25) is 17.7 Å². The molecule has 2 saturated heterocycles. The zero-order valence-corrected chi connectivity index (χ0v) is 18.7. The third-order valence-corrected chi connectivity index (χ3v) is 5.97. The van der Waals surface area contributed by atoms with Crippen LogP contribution < -0.4 is 11.1 Å². The van der Waals surface area contributed by atoms with Gasteiger partial charge in [0.1, 0.15) is 18.1 Å². The number of carbonyl (C=O) groups is 5. The van der Waals surface area contributed by atoms with E-state index in [9.17, 15) is 29.1 Å². The van der Waals surface area contributed by atoms with E-state index in [0.29, 0.717) is 38.8 Å². The van der Waals surface area contributed by atoms with E-state index in [1.165, 1.54) is 9.80 Å². The second-order valence-electron chi connectivity index (χ2n) is 8.95. The first-order valence-electron chi connectivity index (χ1n) is 11.1. The predicted octanol–water partition coefficient (Wildman–Crippen LogP) is -0.224. The van der Waals surface area contributed by atoms with Gasteiger partial charge >= 0.3 is 11.9 Å². The molecule has 2 fully saturated rings. The van der Waals surface area contributed by atoms with Crippen molar-refractivity contribution in [3.8, 4) is 0 Å². The Balaban J connectivity index is 2.06. The van der Waals surface area contributed by atoms with Gasteiger partial charge in [-0.3, -0.25) is 19.2 Å². The predicted molar refractivity (Wildman–Crippen MR) is 113 cm³/mol. The number of likely N-dealkylation sites (tertiary alicyclic amines) is 2. The monoisotopic (exact) mass is 454 g/mol. The molecular weight excluding hydrogens is 420 g/mol. The van der Waals surface area contributed by atoms with E-state index in [-0.39, 0.29) is 31.1 Å². The van der Waals surface area contributed by atoms with Crippen molar-refractivity contribution in [2.45, 2.75) is 83.0 Å². The number of rotatable bonds is 10. The number of nitrogens with one attached hydrogen (secondary N) is 1. The fraction of sp³-hybridized carbons (Fsp3) is 0.762. The molecule has 2 aliphatic heterocycles. The molecule has 5 N–H and O–H groups in total. The Morgan fingerprint density at radius 1 is 1.00 bits per heavy atom. The van der Waals surface area contributed by atoms with E-state index < -0.39 is 47.9 Å². The Hall–Kier alpha value is -2.69. The molecule has 0 spiro atoms. The lowest BCUT2D eigenvalue weighted by Gasteiger charge is -2.32. The van der Waals surface area contributed by atoms with Crippen LogP contribution in [-0.2, 0) is 24.0 Å². The molecule has 2 rings (SSSR count). The lowest BCUT2D eigenvalue weighted by molar-refractivity contribution is -0.148. The van der Waals surface area contributed by atoms with Gasteiger partial charge in [-0.2, -0.15) is 0 Å². The van der Waals surface area contributed by atoms with Crippen molar-refractivity contribution in [3.63, 3.8) is 0 Å². The molecule has 32 heavy (non-hydrogen) atoms. The number of amides is 3. The molecule has 4 unspecified atom stereocenters. The van der Waals surface area contributed by atoms with Crippen LogP contribution in [0.2, 0.25) is 0 Å². The number of hydrogen-bond donors (Lipinski definition) is 4. The van der Waals surface area contributed by atoms with Crippen molar-refractivity contribution in [1.82, 2.24) is 15.1 Å². The highest BCUT2D eigenvalue weighted by Crippen LogP contribution is 2.26. The van der Waals surface area contributed by atoms with Crippen LogP contribution in [0.1, 0.15) is 58.8 Å². The van der Waals surface area contributed by atoms with Gasteiger partial charge in [0.05, 0.1) is 6.04 Å². The Kier molecular flexibility index (Phi) is 8.99. The standard InChI is InChI=1S/C21H34N4O7/c1-12(2)11-14(21(31)32)23-18(28)15-5-3-9-24(15)20(30)16-6-4-10-25(16)19(29)13(22)7-8-17(26)27/h12-16H,3-11,22H2,1-2H3,(H,23,28)(H,26,27)(H,31,32). The van der Waals surface area contributed by atoms with Gasteiger partial charge in [0, 0.05) is 19.5 Å². The number of aliphatic carboxylic acids is 2. The van der Waals surface area contributed by atoms with Crippen LogP contribution >= 0.6 is 0 Å². The molecule has 0 bridgehead atoms. The number of carboxylic acid groups (broad SMARTS) is 2. The van der Waals surface area contributed by atoms with Gasteiger partial charge in [-0.1, -0.05) is 13.8 Å². The number of carboxylic acids is 2. The molecule has 0 radical (unpaired) electrons. The van der Waals surface area contributed by atoms with E-state index in [0.717, 1.165) is 0 Å². The minimum atomic E-state index is -1.12. The first-order valence-corrected chi connectivity index (χ1v) is 11.1. The Bertz CT molecular complexity index is 742. The summed E-state index contributed by atoms with van der Waals surface area (Å²) in [5.41, 5.74) is 5.86. The average molecular weight is 455 g/mol. The van der Waals surface area contributed by atoms with E-state index in [1.807, 2.05) is 13.8 Å². The zero-order chi connectivity index (χ0) is 24.0. The fourth-order valence-electron chi connectivity index (χ4n) is 4.36. The lowest BCUT2D eigenvalue weighted by atomic mass is 10.0. The summed E-state index contributed by atoms with van der Waals surface area (Å²) in [5.74, 6) is -3.42. The van der Waals surface area contributed by atoms with Crippen molar-refractivity contribution in [3.05, 3.63) is 0 Å². The quantitative estimate of drug-likeness (QED) is 0.351. The van der Waals surface area contributed by atoms with Crippen LogP contribution in [0.5, 0.6) is 0 Å². The van der Waals surface area contributed by atoms with Crippen molar-refractivity contribution < 1.29 is 34.2 Å². The summed E-state index contributed by atoms with van der Waals surface area (Å²) >= 11 is 0. The van der Waals surface area contributed by atoms with Crippen LogP contribution in [0.3, 0.4) is 0 Å². The van der Waals surface area contributed by atoms with Crippen LogP contribution in [0.15, 0.2) is 0 Å². The number of nitrogens with zero attached hydrogens (tertiary/aromatic N) is 2. The van der Waals surface area contributed by atoms with Gasteiger partial charge in [0.25, 0.3) is 0 Å². The maximum atomic E-state index is 13.3. The van der Waals surface area contributed by atoms with E-state index in [2.05, 4.69) is 5.32 Å². The smallest absolute Gasteiger partial charge is 0.326 e. The topological polar surface area (TPSA) is 170 Å². The summed E-state index contributed by atoms with van der Waals surface area (Å²) in [6, 6.07) is -3.58. The normalized spacial score (nSPS) is 22.6. The van der Waals surface area contributed by atoms with Crippen molar-refractivity contribution in [2.75, 3.05) is 13.1 Å². The minimum absolute atomic E-state index is 0.0211. The Morgan fingerprint density at radius 3 is 2.16 bits per heavy atom. The number of nitrogens with two attached hydrogens (primary N) is 1. The molecule has 0 saturated carbocycles. The molecule has 0 aromatic carbocycles. The molecule has 11 nitrogen and oxygen atoms in total. The van der Waals surface area contributed by atoms with Gasteiger partial charge in [-0.25, -0.2) is 4.79 Å². The molecule has 0 aromatic heterocycles. The fourth-order valence-corrected chi connectivity index (χ4v) is 4.36. The Labute approximate surface area is 187 Å². The van der Waals surface area contributed by atoms with Gasteiger partial charge in [-0.15, -0.1) is 0 Å². The summed E-state index contributed by atoms with van der Waals surface area (Å²) in [5, 5.41) is 20.8. The summed E-state index contributed by atoms with van der Waals surface area (Å²) in [6.07, 6.45) is 2.08. The molecule has 2 heterocycles. The van der Waals surface area contributed by atoms with Crippen LogP contribution in [-0.4, -0.2) is 86.9 Å². The number of hydrogen-bond acceptors (Lipinski definition) is 6. The Morgan fingerprint density at radius 2 is 1.59 bits per heavy atom. The third kappa shape index (κ3) is 6.41. The average Bonchev–Trinajstić information content (AvgIpc) is 3.39. The third-order valence-electron chi connectivity index (χ3n) is 5.97. The second-order valence-corrected chi connectivity index (χ2v) is 8.95. The second kappa shape index (κ2) is 11.3. The summed E-state index contributed by atoms with van der Waals surface area (Å²) < 4.78 is 0. The maximum absolute atomic E-state index is 13.3. The van der Waals surface area contributed by atoms with Crippen LogP contribution in [0.4, 0.5) is 0 Å². The molecule has 180 valence electrons. The largest absolute Gasteiger partial charge is 0.481 e. The van der Waals surface area contributed by atoms with E-state index in [1.54, 1.807) is 0 Å². The van der Waals surface area contributed by atoms with Crippen molar-refractivity contribution >= 4 is 29.7 Å². The molecular formula is C21H34N4O7. The molecule has 11 heteroatoms. The molecule has 3 amide bonds. The zero-order valence-electron chi connectivity index (χ0n) is 18.7. The highest BCUT2D eigenvalue weighted by atomic mass is 16.4. The highest BCUT2D eigenvalue weighted by molar-refractivity contribution is 5.95. The summed E-state index contributed by atoms with van der Waals surface area (Å²) in [7, 11) is 0. The molecule has 2 aliphatic rings. The maximum Gasteiger partial charge on any atom is 0.326 e. The van der Waals surface area contributed by atoms with Gasteiger partial charge < -0.3 is 31.1 Å². The summed E-state index contributed by atoms with van der Waals surface area (Å²) in [6.45, 7) is 4.42. The van der Waals surface area contributed by atoms with Crippen molar-refractivity contribution in [2.24, 2.45) is 11.7 Å². The minimum Gasteiger partial charge on any atom is -0.481 e. The highest BCUT2D eigenvalue weighted by Gasteiger charge is 2.43. The SMILES string of the molecule is CC(C)CC(NC(=O)C1CCCN1C(=O)C1CCCN1C(=O)C(N)CCC(=O)O)C(=O)O. The number of carbonyl (C=O) groups excluding carboxylic acids is 3. The molecule has 4 atom stereocenters. The van der Waals surface area contributed by atoms with Crippen LogP contribution in [0, 0.1) is 5.92 Å². The van der Waals surface area contributed by atoms with E-state index >= 15 is 0 Å². The first kappa shape index (κ1) is 25.6. The van der Waals surface area contributed by atoms with E-state index in [4.69, 9.17) is 10.8 Å². The molecule has 0 aliphatic carbocycles. The molecule has 0 aromatic rings. The summed E-state index contributed by atoms with van der Waals surface area (Å²) in [4.78, 5) is 63.9. The lowest BCUT2D eigenvalue weighted by Crippen LogP contribution is -2.56. The van der Waals surface area contributed by atoms with Crippen LogP contribution in [0.25, 0.3) is 0 Å². The van der Waals surface area contributed by atoms with Gasteiger partial charge in [0.15, 0.2) is 0 Å².